The molecule has 2 atom stereocenters. The van der Waals surface area contributed by atoms with Crippen LogP contribution in [0.1, 0.15) is 38.5 Å². The highest BCUT2D eigenvalue weighted by Gasteiger charge is 2.20. The highest BCUT2D eigenvalue weighted by atomic mass is 16.5. The number of carbonyl (C=O) groups excluding carboxylic acids is 1. The Hall–Kier alpha value is -0.610. The molecule has 0 saturated heterocycles. The van der Waals surface area contributed by atoms with E-state index in [1.165, 1.54) is 0 Å². The van der Waals surface area contributed by atoms with Crippen LogP contribution in [0.2, 0.25) is 0 Å². The Morgan fingerprint density at radius 3 is 3.00 bits per heavy atom. The number of methoxy groups -OCH3 is 1. The van der Waals surface area contributed by atoms with E-state index >= 15 is 0 Å². The second-order valence-electron chi connectivity index (χ2n) is 4.59. The molecule has 0 radical (unpaired) electrons. The Morgan fingerprint density at radius 1 is 1.50 bits per heavy atom. The molecule has 4 nitrogen and oxygen atoms in total. The molecule has 1 aliphatic carbocycles. The van der Waals surface area contributed by atoms with E-state index in [-0.39, 0.29) is 12.0 Å². The molecule has 2 unspecified atom stereocenters. The zero-order chi connectivity index (χ0) is 11.8. The molecule has 0 aliphatic heterocycles. The molecular weight excluding hydrogens is 206 g/mol. The predicted molar refractivity (Wildman–Crippen MR) is 62.1 cm³/mol. The number of hydrogen-bond donors (Lipinski definition) is 2. The molecule has 4 heteroatoms. The third kappa shape index (κ3) is 5.47. The topological polar surface area (TPSA) is 58.6 Å². The van der Waals surface area contributed by atoms with Gasteiger partial charge in [0.2, 0.25) is 5.91 Å². The van der Waals surface area contributed by atoms with Gasteiger partial charge in [0, 0.05) is 26.7 Å². The highest BCUT2D eigenvalue weighted by molar-refractivity contribution is 5.75. The van der Waals surface area contributed by atoms with Gasteiger partial charge in [-0.3, -0.25) is 4.79 Å². The lowest BCUT2D eigenvalue weighted by Gasteiger charge is -2.25. The van der Waals surface area contributed by atoms with Crippen LogP contribution in [0.3, 0.4) is 0 Å². The monoisotopic (exact) mass is 229 g/mol. The van der Waals surface area contributed by atoms with Gasteiger partial charge >= 0.3 is 0 Å². The van der Waals surface area contributed by atoms with Crippen molar-refractivity contribution in [1.29, 1.82) is 0 Å². The number of hydrogen-bond acceptors (Lipinski definition) is 3. The van der Waals surface area contributed by atoms with Crippen LogP contribution in [0.15, 0.2) is 0 Å². The summed E-state index contributed by atoms with van der Waals surface area (Å²) in [5.41, 5.74) is 0. The Labute approximate surface area is 97.4 Å². The van der Waals surface area contributed by atoms with Gasteiger partial charge in [0.25, 0.3) is 0 Å². The average molecular weight is 229 g/mol. The molecule has 0 heterocycles. The van der Waals surface area contributed by atoms with Gasteiger partial charge < -0.3 is 15.2 Å². The molecule has 0 aromatic carbocycles. The number of ether oxygens (including phenoxy) is 1. The van der Waals surface area contributed by atoms with E-state index in [0.717, 1.165) is 32.1 Å². The summed E-state index contributed by atoms with van der Waals surface area (Å²) in [6.45, 7) is 1.35. The molecule has 0 bridgehead atoms. The molecule has 0 spiro atoms. The Kier molecular flexibility index (Phi) is 6.42. The average Bonchev–Trinajstić information content (AvgIpc) is 2.27. The van der Waals surface area contributed by atoms with Gasteiger partial charge in [0.1, 0.15) is 0 Å². The fourth-order valence-corrected chi connectivity index (χ4v) is 2.17. The van der Waals surface area contributed by atoms with E-state index in [4.69, 9.17) is 4.74 Å². The quantitative estimate of drug-likeness (QED) is 0.670. The summed E-state index contributed by atoms with van der Waals surface area (Å²) in [6.07, 6.45) is 5.08. The SMILES string of the molecule is COCCCC(=O)NCC1CCCC(O)C1. The number of nitrogens with one attached hydrogen (secondary N) is 1. The molecule has 1 fully saturated rings. The first-order valence-corrected chi connectivity index (χ1v) is 6.16. The van der Waals surface area contributed by atoms with Crippen molar-refractivity contribution in [3.05, 3.63) is 0 Å². The molecule has 1 saturated carbocycles. The summed E-state index contributed by atoms with van der Waals surface area (Å²) in [5, 5.41) is 12.4. The van der Waals surface area contributed by atoms with Crippen LogP contribution in [-0.4, -0.2) is 37.4 Å². The van der Waals surface area contributed by atoms with Crippen molar-refractivity contribution in [1.82, 2.24) is 5.32 Å². The lowest BCUT2D eigenvalue weighted by molar-refractivity contribution is -0.121. The molecular formula is C12H23NO3. The maximum absolute atomic E-state index is 11.4. The van der Waals surface area contributed by atoms with E-state index in [1.54, 1.807) is 7.11 Å². The maximum Gasteiger partial charge on any atom is 0.220 e. The van der Waals surface area contributed by atoms with Gasteiger partial charge in [0.05, 0.1) is 6.10 Å². The number of aliphatic hydroxyl groups is 1. The summed E-state index contributed by atoms with van der Waals surface area (Å²) in [5.74, 6) is 0.548. The predicted octanol–water partition coefficient (Wildman–Crippen LogP) is 1.08. The number of amides is 1. The smallest absolute Gasteiger partial charge is 0.220 e. The van der Waals surface area contributed by atoms with E-state index < -0.39 is 0 Å². The first kappa shape index (κ1) is 13.5. The Bertz CT molecular complexity index is 208. The summed E-state index contributed by atoms with van der Waals surface area (Å²) >= 11 is 0. The molecule has 1 rings (SSSR count). The van der Waals surface area contributed by atoms with Crippen molar-refractivity contribution in [2.45, 2.75) is 44.6 Å². The summed E-state index contributed by atoms with van der Waals surface area (Å²) < 4.78 is 4.89. The highest BCUT2D eigenvalue weighted by Crippen LogP contribution is 2.23. The molecule has 16 heavy (non-hydrogen) atoms. The van der Waals surface area contributed by atoms with Crippen LogP contribution in [0.5, 0.6) is 0 Å². The van der Waals surface area contributed by atoms with Crippen molar-refractivity contribution in [3.63, 3.8) is 0 Å². The van der Waals surface area contributed by atoms with Crippen molar-refractivity contribution >= 4 is 5.91 Å². The first-order chi connectivity index (χ1) is 7.72. The van der Waals surface area contributed by atoms with Crippen LogP contribution < -0.4 is 5.32 Å². The van der Waals surface area contributed by atoms with Crippen molar-refractivity contribution in [2.75, 3.05) is 20.3 Å². The lowest BCUT2D eigenvalue weighted by Crippen LogP contribution is -2.32. The third-order valence-electron chi connectivity index (χ3n) is 3.10. The van der Waals surface area contributed by atoms with Crippen LogP contribution in [-0.2, 0) is 9.53 Å². The zero-order valence-electron chi connectivity index (χ0n) is 10.1. The van der Waals surface area contributed by atoms with Gasteiger partial charge in [-0.2, -0.15) is 0 Å². The largest absolute Gasteiger partial charge is 0.393 e. The van der Waals surface area contributed by atoms with Crippen LogP contribution in [0.4, 0.5) is 0 Å². The van der Waals surface area contributed by atoms with Gasteiger partial charge in [-0.1, -0.05) is 6.42 Å². The van der Waals surface area contributed by atoms with Crippen molar-refractivity contribution in [2.24, 2.45) is 5.92 Å². The van der Waals surface area contributed by atoms with Gasteiger partial charge in [-0.15, -0.1) is 0 Å². The van der Waals surface area contributed by atoms with E-state index in [0.29, 0.717) is 25.5 Å². The zero-order valence-corrected chi connectivity index (χ0v) is 10.1. The normalized spacial score (nSPS) is 25.4. The Morgan fingerprint density at radius 2 is 2.31 bits per heavy atom. The summed E-state index contributed by atoms with van der Waals surface area (Å²) in [6, 6.07) is 0. The van der Waals surface area contributed by atoms with Crippen LogP contribution in [0, 0.1) is 5.92 Å². The molecule has 0 aromatic rings. The maximum atomic E-state index is 11.4. The number of carbonyl (C=O) groups is 1. The number of rotatable bonds is 6. The van der Waals surface area contributed by atoms with E-state index in [9.17, 15) is 9.90 Å². The molecule has 94 valence electrons. The van der Waals surface area contributed by atoms with Crippen molar-refractivity contribution < 1.29 is 14.6 Å². The summed E-state index contributed by atoms with van der Waals surface area (Å²) in [7, 11) is 1.64. The molecule has 1 amide bonds. The van der Waals surface area contributed by atoms with E-state index in [2.05, 4.69) is 5.32 Å². The minimum atomic E-state index is -0.163. The van der Waals surface area contributed by atoms with E-state index in [1.807, 2.05) is 0 Å². The standard InChI is InChI=1S/C12H23NO3/c1-16-7-3-6-12(15)13-9-10-4-2-5-11(14)8-10/h10-11,14H,2-9H2,1H3,(H,13,15). The molecule has 0 aromatic heterocycles. The van der Waals surface area contributed by atoms with Gasteiger partial charge in [0.15, 0.2) is 0 Å². The third-order valence-corrected chi connectivity index (χ3v) is 3.10. The molecule has 2 N–H and O–H groups in total. The van der Waals surface area contributed by atoms with Gasteiger partial charge in [-0.05, 0) is 31.6 Å². The molecule has 1 aliphatic rings. The van der Waals surface area contributed by atoms with Crippen LogP contribution >= 0.6 is 0 Å². The fraction of sp³-hybridized carbons (Fsp3) is 0.917. The second kappa shape index (κ2) is 7.63. The van der Waals surface area contributed by atoms with Crippen molar-refractivity contribution in [3.8, 4) is 0 Å². The first-order valence-electron chi connectivity index (χ1n) is 6.16. The summed E-state index contributed by atoms with van der Waals surface area (Å²) in [4.78, 5) is 11.4. The fourth-order valence-electron chi connectivity index (χ4n) is 2.17. The minimum Gasteiger partial charge on any atom is -0.393 e. The minimum absolute atomic E-state index is 0.0945. The van der Waals surface area contributed by atoms with Crippen LogP contribution in [0.25, 0.3) is 0 Å². The lowest BCUT2D eigenvalue weighted by atomic mass is 9.87. The second-order valence-corrected chi connectivity index (χ2v) is 4.59. The number of aliphatic hydroxyl groups excluding tert-OH is 1. The Balaban J connectivity index is 2.06. The van der Waals surface area contributed by atoms with Gasteiger partial charge in [-0.25, -0.2) is 0 Å².